The van der Waals surface area contributed by atoms with Crippen LogP contribution in [0, 0.1) is 5.82 Å². The number of ether oxygens (including phenoxy) is 1. The van der Waals surface area contributed by atoms with Gasteiger partial charge in [-0.05, 0) is 37.5 Å². The predicted molar refractivity (Wildman–Crippen MR) is 70.0 cm³/mol. The second-order valence-electron chi connectivity index (χ2n) is 4.84. The van der Waals surface area contributed by atoms with Gasteiger partial charge in [-0.3, -0.25) is 10.2 Å². The number of hydrazine groups is 1. The monoisotopic (exact) mass is 266 g/mol. The molecule has 1 aromatic rings. The fourth-order valence-corrected chi connectivity index (χ4v) is 2.83. The SMILES string of the molecule is CCOc1ccc(C2(C(=O)NN)CCCC2)cc1F. The van der Waals surface area contributed by atoms with Gasteiger partial charge in [-0.25, -0.2) is 10.2 Å². The van der Waals surface area contributed by atoms with Crippen molar-refractivity contribution >= 4 is 5.91 Å². The van der Waals surface area contributed by atoms with Crippen LogP contribution in [-0.2, 0) is 10.2 Å². The molecule has 1 aromatic carbocycles. The van der Waals surface area contributed by atoms with E-state index in [4.69, 9.17) is 10.6 Å². The van der Waals surface area contributed by atoms with Crippen LogP contribution in [0.1, 0.15) is 38.2 Å². The molecule has 1 amide bonds. The van der Waals surface area contributed by atoms with E-state index < -0.39 is 11.2 Å². The van der Waals surface area contributed by atoms with Crippen molar-refractivity contribution in [1.29, 1.82) is 0 Å². The van der Waals surface area contributed by atoms with E-state index in [2.05, 4.69) is 5.43 Å². The van der Waals surface area contributed by atoms with Crippen molar-refractivity contribution in [2.75, 3.05) is 6.61 Å². The van der Waals surface area contributed by atoms with E-state index in [0.29, 0.717) is 25.0 Å². The van der Waals surface area contributed by atoms with Crippen molar-refractivity contribution in [3.8, 4) is 5.75 Å². The molecule has 2 rings (SSSR count). The number of rotatable bonds is 4. The largest absolute Gasteiger partial charge is 0.491 e. The molecule has 1 fully saturated rings. The van der Waals surface area contributed by atoms with E-state index in [-0.39, 0.29) is 11.7 Å². The maximum atomic E-state index is 13.9. The summed E-state index contributed by atoms with van der Waals surface area (Å²) in [6.07, 6.45) is 3.29. The summed E-state index contributed by atoms with van der Waals surface area (Å²) in [5, 5.41) is 0. The number of carbonyl (C=O) groups excluding carboxylic acids is 1. The predicted octanol–water partition coefficient (Wildman–Crippen LogP) is 2.03. The maximum Gasteiger partial charge on any atom is 0.244 e. The third kappa shape index (κ3) is 2.42. The van der Waals surface area contributed by atoms with Gasteiger partial charge in [0.15, 0.2) is 11.6 Å². The zero-order valence-corrected chi connectivity index (χ0v) is 11.0. The van der Waals surface area contributed by atoms with Gasteiger partial charge in [0.1, 0.15) is 0 Å². The third-order valence-corrected chi connectivity index (χ3v) is 3.81. The maximum absolute atomic E-state index is 13.9. The number of hydrogen-bond acceptors (Lipinski definition) is 3. The molecule has 104 valence electrons. The molecule has 0 atom stereocenters. The van der Waals surface area contributed by atoms with Gasteiger partial charge in [0.2, 0.25) is 5.91 Å². The number of hydrogen-bond donors (Lipinski definition) is 2. The summed E-state index contributed by atoms with van der Waals surface area (Å²) in [5.74, 6) is 4.81. The Labute approximate surface area is 112 Å². The van der Waals surface area contributed by atoms with Crippen LogP contribution < -0.4 is 16.0 Å². The number of halogens is 1. The summed E-state index contributed by atoms with van der Waals surface area (Å²) >= 11 is 0. The van der Waals surface area contributed by atoms with E-state index in [9.17, 15) is 9.18 Å². The minimum absolute atomic E-state index is 0.215. The van der Waals surface area contributed by atoms with E-state index >= 15 is 0 Å². The Bertz CT molecular complexity index is 471. The lowest BCUT2D eigenvalue weighted by Crippen LogP contribution is -2.45. The van der Waals surface area contributed by atoms with Crippen LogP contribution in [-0.4, -0.2) is 12.5 Å². The van der Waals surface area contributed by atoms with Crippen LogP contribution in [0.3, 0.4) is 0 Å². The summed E-state index contributed by atoms with van der Waals surface area (Å²) in [4.78, 5) is 12.1. The van der Waals surface area contributed by atoms with E-state index in [0.717, 1.165) is 12.8 Å². The molecule has 0 spiro atoms. The highest BCUT2D eigenvalue weighted by atomic mass is 19.1. The molecule has 1 aliphatic carbocycles. The lowest BCUT2D eigenvalue weighted by molar-refractivity contribution is -0.126. The van der Waals surface area contributed by atoms with Gasteiger partial charge in [-0.1, -0.05) is 18.9 Å². The highest BCUT2D eigenvalue weighted by molar-refractivity contribution is 5.88. The molecule has 0 saturated heterocycles. The molecule has 0 unspecified atom stereocenters. The summed E-state index contributed by atoms with van der Waals surface area (Å²) in [7, 11) is 0. The quantitative estimate of drug-likeness (QED) is 0.498. The standard InChI is InChI=1S/C14H19FN2O2/c1-2-19-12-6-5-10(9-11(12)15)14(13(18)17-16)7-3-4-8-14/h5-6,9H,2-4,7-8,16H2,1H3,(H,17,18). The van der Waals surface area contributed by atoms with Crippen molar-refractivity contribution in [1.82, 2.24) is 5.43 Å². The van der Waals surface area contributed by atoms with Crippen molar-refractivity contribution < 1.29 is 13.9 Å². The molecule has 3 N–H and O–H groups in total. The minimum atomic E-state index is -0.694. The first-order valence-corrected chi connectivity index (χ1v) is 6.58. The van der Waals surface area contributed by atoms with E-state index in [1.807, 2.05) is 0 Å². The number of nitrogens with two attached hydrogens (primary N) is 1. The third-order valence-electron chi connectivity index (χ3n) is 3.81. The van der Waals surface area contributed by atoms with Gasteiger partial charge in [-0.2, -0.15) is 0 Å². The van der Waals surface area contributed by atoms with E-state index in [1.165, 1.54) is 6.07 Å². The van der Waals surface area contributed by atoms with Crippen LogP contribution >= 0.6 is 0 Å². The van der Waals surface area contributed by atoms with Gasteiger partial charge in [0, 0.05) is 0 Å². The molecular formula is C14H19FN2O2. The van der Waals surface area contributed by atoms with Crippen LogP contribution in [0.15, 0.2) is 18.2 Å². The molecule has 1 aliphatic rings. The van der Waals surface area contributed by atoms with Gasteiger partial charge in [0.25, 0.3) is 0 Å². The Hall–Kier alpha value is -1.62. The number of nitrogens with one attached hydrogen (secondary N) is 1. The van der Waals surface area contributed by atoms with E-state index in [1.54, 1.807) is 19.1 Å². The van der Waals surface area contributed by atoms with Crippen LogP contribution in [0.25, 0.3) is 0 Å². The Balaban J connectivity index is 2.38. The molecule has 19 heavy (non-hydrogen) atoms. The van der Waals surface area contributed by atoms with Crippen LogP contribution in [0.5, 0.6) is 5.75 Å². The molecule has 1 saturated carbocycles. The summed E-state index contributed by atoms with van der Waals surface area (Å²) < 4.78 is 19.1. The fourth-order valence-electron chi connectivity index (χ4n) is 2.83. The molecular weight excluding hydrogens is 247 g/mol. The Kier molecular flexibility index (Phi) is 4.04. The lowest BCUT2D eigenvalue weighted by Gasteiger charge is -2.27. The summed E-state index contributed by atoms with van der Waals surface area (Å²) in [5.41, 5.74) is 2.19. The van der Waals surface area contributed by atoms with Gasteiger partial charge < -0.3 is 4.74 Å². The highest BCUT2D eigenvalue weighted by Gasteiger charge is 2.42. The molecule has 0 aromatic heterocycles. The zero-order chi connectivity index (χ0) is 13.9. The van der Waals surface area contributed by atoms with Gasteiger partial charge >= 0.3 is 0 Å². The molecule has 0 bridgehead atoms. The second kappa shape index (κ2) is 5.57. The normalized spacial score (nSPS) is 17.2. The summed E-state index contributed by atoms with van der Waals surface area (Å²) in [6, 6.07) is 4.73. The molecule has 5 heteroatoms. The van der Waals surface area contributed by atoms with Gasteiger partial charge in [-0.15, -0.1) is 0 Å². The molecule has 4 nitrogen and oxygen atoms in total. The van der Waals surface area contributed by atoms with Crippen molar-refractivity contribution in [3.63, 3.8) is 0 Å². The Morgan fingerprint density at radius 1 is 1.47 bits per heavy atom. The highest BCUT2D eigenvalue weighted by Crippen LogP contribution is 2.42. The zero-order valence-electron chi connectivity index (χ0n) is 11.0. The van der Waals surface area contributed by atoms with Crippen molar-refractivity contribution in [2.45, 2.75) is 38.0 Å². The number of benzene rings is 1. The summed E-state index contributed by atoms with van der Waals surface area (Å²) in [6.45, 7) is 2.21. The average molecular weight is 266 g/mol. The van der Waals surface area contributed by atoms with Crippen molar-refractivity contribution in [3.05, 3.63) is 29.6 Å². The first-order valence-electron chi connectivity index (χ1n) is 6.58. The Morgan fingerprint density at radius 2 is 2.16 bits per heavy atom. The smallest absolute Gasteiger partial charge is 0.244 e. The second-order valence-corrected chi connectivity index (χ2v) is 4.84. The topological polar surface area (TPSA) is 64.3 Å². The number of amides is 1. The molecule has 0 heterocycles. The Morgan fingerprint density at radius 3 is 2.68 bits per heavy atom. The van der Waals surface area contributed by atoms with Crippen LogP contribution in [0.4, 0.5) is 4.39 Å². The van der Waals surface area contributed by atoms with Gasteiger partial charge in [0.05, 0.1) is 12.0 Å². The minimum Gasteiger partial charge on any atom is -0.491 e. The lowest BCUT2D eigenvalue weighted by atomic mass is 9.78. The average Bonchev–Trinajstić information content (AvgIpc) is 2.91. The van der Waals surface area contributed by atoms with Crippen LogP contribution in [0.2, 0.25) is 0 Å². The first kappa shape index (κ1) is 13.8. The van der Waals surface area contributed by atoms with Crippen molar-refractivity contribution in [2.24, 2.45) is 5.84 Å². The number of carbonyl (C=O) groups is 1. The first-order chi connectivity index (χ1) is 9.14. The fraction of sp³-hybridized carbons (Fsp3) is 0.500. The molecule has 0 radical (unpaired) electrons. The molecule has 0 aliphatic heterocycles.